The Labute approximate surface area is 107 Å². The van der Waals surface area contributed by atoms with Crippen molar-refractivity contribution in [2.45, 2.75) is 56.9 Å². The Hall–Kier alpha value is -0.710. The lowest BCUT2D eigenvalue weighted by Gasteiger charge is -2.33. The van der Waals surface area contributed by atoms with E-state index in [4.69, 9.17) is 0 Å². The topological polar surface area (TPSA) is 53.5 Å². The van der Waals surface area contributed by atoms with Crippen LogP contribution >= 0.6 is 11.8 Å². The highest BCUT2D eigenvalue weighted by atomic mass is 32.2. The second-order valence-electron chi connectivity index (χ2n) is 5.83. The Bertz CT molecular complexity index is 361. The van der Waals surface area contributed by atoms with Crippen molar-refractivity contribution >= 4 is 23.6 Å². The van der Waals surface area contributed by atoms with E-state index in [-0.39, 0.29) is 16.7 Å². The van der Waals surface area contributed by atoms with Gasteiger partial charge in [0.05, 0.1) is 0 Å². The average Bonchev–Trinajstić information content (AvgIpc) is 2.46. The minimum absolute atomic E-state index is 0.0592. The Morgan fingerprint density at radius 3 is 2.82 bits per heavy atom. The van der Waals surface area contributed by atoms with E-state index in [0.29, 0.717) is 5.96 Å². The summed E-state index contributed by atoms with van der Waals surface area (Å²) in [4.78, 5) is 16.8. The number of aliphatic imine (C=N–C) groups is 1. The number of amides is 1. The molecule has 1 amide bonds. The summed E-state index contributed by atoms with van der Waals surface area (Å²) in [5.41, 5.74) is -0.612. The van der Waals surface area contributed by atoms with Crippen LogP contribution in [0.2, 0.25) is 0 Å². The smallest absolute Gasteiger partial charge is 0.255 e. The third-order valence-corrected chi connectivity index (χ3v) is 4.59. The summed E-state index contributed by atoms with van der Waals surface area (Å²) in [7, 11) is 0. The Kier molecular flexibility index (Phi) is 3.14. The zero-order chi connectivity index (χ0) is 12.7. The molecule has 0 bridgehead atoms. The Morgan fingerprint density at radius 1 is 1.53 bits per heavy atom. The molecule has 0 aliphatic carbocycles. The summed E-state index contributed by atoms with van der Waals surface area (Å²) in [6.07, 6.45) is 1.93. The summed E-state index contributed by atoms with van der Waals surface area (Å²) in [6.45, 7) is 8.29. The minimum atomic E-state index is -0.531. The maximum absolute atomic E-state index is 12.2. The van der Waals surface area contributed by atoms with Crippen LogP contribution in [-0.4, -0.2) is 33.9 Å². The number of thioether (sulfide) groups is 1. The maximum Gasteiger partial charge on any atom is 0.255 e. The van der Waals surface area contributed by atoms with Crippen molar-refractivity contribution in [1.82, 2.24) is 10.6 Å². The lowest BCUT2D eigenvalue weighted by molar-refractivity contribution is -0.124. The Balaban J connectivity index is 2.21. The van der Waals surface area contributed by atoms with E-state index in [2.05, 4.69) is 43.3 Å². The van der Waals surface area contributed by atoms with Crippen LogP contribution in [0.5, 0.6) is 0 Å². The van der Waals surface area contributed by atoms with Crippen LogP contribution in [0, 0.1) is 0 Å². The molecule has 0 aromatic rings. The van der Waals surface area contributed by atoms with Crippen molar-refractivity contribution < 1.29 is 4.79 Å². The summed E-state index contributed by atoms with van der Waals surface area (Å²) >= 11 is 1.84. The van der Waals surface area contributed by atoms with Crippen LogP contribution in [0.1, 0.15) is 40.5 Å². The number of hydrogen-bond donors (Lipinski definition) is 2. The van der Waals surface area contributed by atoms with Gasteiger partial charge in [0.2, 0.25) is 0 Å². The molecule has 2 heterocycles. The molecule has 0 aromatic carbocycles. The molecule has 0 saturated carbocycles. The first-order valence-electron chi connectivity index (χ1n) is 6.15. The fourth-order valence-corrected chi connectivity index (χ4v) is 3.51. The molecule has 5 heteroatoms. The monoisotopic (exact) mass is 255 g/mol. The van der Waals surface area contributed by atoms with Crippen molar-refractivity contribution in [3.05, 3.63) is 0 Å². The SMILES string of the molecule is CC1SCCCC12N=C(NC(C)(C)C)NC2=O. The predicted octanol–water partition coefficient (Wildman–Crippen LogP) is 1.51. The molecule has 2 unspecified atom stereocenters. The predicted molar refractivity (Wildman–Crippen MR) is 72.4 cm³/mol. The molecule has 96 valence electrons. The summed E-state index contributed by atoms with van der Waals surface area (Å²) in [6, 6.07) is 0. The van der Waals surface area contributed by atoms with Crippen molar-refractivity contribution in [3.63, 3.8) is 0 Å². The number of nitrogens with zero attached hydrogens (tertiary/aromatic N) is 1. The van der Waals surface area contributed by atoms with E-state index in [0.717, 1.165) is 18.6 Å². The number of guanidine groups is 1. The molecule has 4 nitrogen and oxygen atoms in total. The van der Waals surface area contributed by atoms with Crippen LogP contribution in [0.25, 0.3) is 0 Å². The van der Waals surface area contributed by atoms with Crippen molar-refractivity contribution in [1.29, 1.82) is 0 Å². The largest absolute Gasteiger partial charge is 0.351 e. The van der Waals surface area contributed by atoms with Crippen LogP contribution < -0.4 is 10.6 Å². The van der Waals surface area contributed by atoms with Gasteiger partial charge in [-0.05, 0) is 39.4 Å². The molecule has 1 fully saturated rings. The molecular formula is C12H21N3OS. The molecule has 2 aliphatic rings. The van der Waals surface area contributed by atoms with Gasteiger partial charge in [-0.1, -0.05) is 6.92 Å². The van der Waals surface area contributed by atoms with Gasteiger partial charge in [-0.3, -0.25) is 10.1 Å². The molecule has 1 spiro atoms. The van der Waals surface area contributed by atoms with Crippen molar-refractivity contribution in [2.24, 2.45) is 4.99 Å². The van der Waals surface area contributed by atoms with Gasteiger partial charge in [0.25, 0.3) is 5.91 Å². The molecule has 2 atom stereocenters. The minimum Gasteiger partial charge on any atom is -0.351 e. The zero-order valence-electron chi connectivity index (χ0n) is 11.0. The van der Waals surface area contributed by atoms with Gasteiger partial charge in [-0.2, -0.15) is 11.8 Å². The quantitative estimate of drug-likeness (QED) is 0.690. The van der Waals surface area contributed by atoms with E-state index < -0.39 is 5.54 Å². The molecule has 2 rings (SSSR count). The van der Waals surface area contributed by atoms with Crippen molar-refractivity contribution in [3.8, 4) is 0 Å². The van der Waals surface area contributed by atoms with E-state index in [1.54, 1.807) is 0 Å². The van der Waals surface area contributed by atoms with Gasteiger partial charge < -0.3 is 5.32 Å². The lowest BCUT2D eigenvalue weighted by Crippen LogP contribution is -2.50. The number of carbonyl (C=O) groups excluding carboxylic acids is 1. The first-order chi connectivity index (χ1) is 7.83. The molecule has 2 N–H and O–H groups in total. The highest BCUT2D eigenvalue weighted by Crippen LogP contribution is 2.38. The number of hydrogen-bond acceptors (Lipinski definition) is 4. The molecule has 1 saturated heterocycles. The first kappa shape index (κ1) is 12.7. The van der Waals surface area contributed by atoms with Gasteiger partial charge in [-0.15, -0.1) is 0 Å². The first-order valence-corrected chi connectivity index (χ1v) is 7.19. The number of nitrogens with one attached hydrogen (secondary N) is 2. The number of rotatable bonds is 0. The van der Waals surface area contributed by atoms with Gasteiger partial charge in [-0.25, -0.2) is 4.99 Å². The maximum atomic E-state index is 12.2. The van der Waals surface area contributed by atoms with Gasteiger partial charge in [0, 0.05) is 10.8 Å². The fraction of sp³-hybridized carbons (Fsp3) is 0.833. The van der Waals surface area contributed by atoms with Crippen LogP contribution in [0.4, 0.5) is 0 Å². The third kappa shape index (κ3) is 2.44. The second-order valence-corrected chi connectivity index (χ2v) is 7.28. The highest BCUT2D eigenvalue weighted by molar-refractivity contribution is 8.00. The summed E-state index contributed by atoms with van der Waals surface area (Å²) in [5, 5.41) is 6.40. The highest BCUT2D eigenvalue weighted by Gasteiger charge is 2.49. The molecule has 0 radical (unpaired) electrons. The second kappa shape index (κ2) is 4.19. The van der Waals surface area contributed by atoms with Crippen LogP contribution in [0.15, 0.2) is 4.99 Å². The number of carbonyl (C=O) groups is 1. The third-order valence-electron chi connectivity index (χ3n) is 3.17. The summed E-state index contributed by atoms with van der Waals surface area (Å²) in [5.74, 6) is 1.83. The molecular weight excluding hydrogens is 234 g/mol. The molecule has 0 aromatic heterocycles. The standard InChI is InChI=1S/C12H21N3OS/c1-8-12(6-5-7-17-8)9(16)13-10(15-12)14-11(2,3)4/h8H,5-7H2,1-4H3,(H2,13,14,15,16). The lowest BCUT2D eigenvalue weighted by atomic mass is 9.90. The van der Waals surface area contributed by atoms with Gasteiger partial charge in [0.15, 0.2) is 11.5 Å². The van der Waals surface area contributed by atoms with Crippen LogP contribution in [0.3, 0.4) is 0 Å². The van der Waals surface area contributed by atoms with Crippen LogP contribution in [-0.2, 0) is 4.79 Å². The average molecular weight is 255 g/mol. The molecule has 2 aliphatic heterocycles. The van der Waals surface area contributed by atoms with E-state index in [9.17, 15) is 4.79 Å². The fourth-order valence-electron chi connectivity index (χ4n) is 2.30. The van der Waals surface area contributed by atoms with Gasteiger partial charge >= 0.3 is 0 Å². The normalized spacial score (nSPS) is 33.5. The van der Waals surface area contributed by atoms with Gasteiger partial charge in [0.1, 0.15) is 0 Å². The Morgan fingerprint density at radius 2 is 2.24 bits per heavy atom. The van der Waals surface area contributed by atoms with E-state index in [1.807, 2.05) is 11.8 Å². The molecule has 17 heavy (non-hydrogen) atoms. The van der Waals surface area contributed by atoms with Crippen molar-refractivity contribution in [2.75, 3.05) is 5.75 Å². The van der Waals surface area contributed by atoms with E-state index >= 15 is 0 Å². The zero-order valence-corrected chi connectivity index (χ0v) is 11.8. The summed E-state index contributed by atoms with van der Waals surface area (Å²) < 4.78 is 0. The van der Waals surface area contributed by atoms with E-state index in [1.165, 1.54) is 0 Å².